The summed E-state index contributed by atoms with van der Waals surface area (Å²) in [6, 6.07) is 6.62. The fourth-order valence-electron chi connectivity index (χ4n) is 2.54. The fraction of sp³-hybridized carbons (Fsp3) is 0.588. The standard InChI is InChI=1S/C17H24F2N2O2/c1-16(2,3)12-6-4-11(5-7-12)14(22)9-20-15(23)13-8-17(18,19)10-21-13/h4-7,13-14,21-22H,8-10H2,1-3H3,(H,20,23). The van der Waals surface area contributed by atoms with Crippen LogP contribution >= 0.6 is 0 Å². The van der Waals surface area contributed by atoms with Crippen molar-refractivity contribution in [3.05, 3.63) is 35.4 Å². The molecular weight excluding hydrogens is 302 g/mol. The second kappa shape index (κ2) is 6.53. The number of benzene rings is 1. The highest BCUT2D eigenvalue weighted by atomic mass is 19.3. The zero-order valence-corrected chi connectivity index (χ0v) is 13.7. The number of amides is 1. The zero-order chi connectivity index (χ0) is 17.3. The third kappa shape index (κ3) is 4.72. The summed E-state index contributed by atoms with van der Waals surface area (Å²) >= 11 is 0. The number of rotatable bonds is 4. The van der Waals surface area contributed by atoms with Crippen LogP contribution in [-0.4, -0.2) is 36.1 Å². The van der Waals surface area contributed by atoms with E-state index in [1.807, 2.05) is 24.3 Å². The molecule has 1 aromatic rings. The summed E-state index contributed by atoms with van der Waals surface area (Å²) in [4.78, 5) is 11.8. The van der Waals surface area contributed by atoms with Gasteiger partial charge >= 0.3 is 0 Å². The maximum Gasteiger partial charge on any atom is 0.262 e. The second-order valence-corrected chi connectivity index (χ2v) is 7.13. The Bertz CT molecular complexity index is 553. The van der Waals surface area contributed by atoms with Crippen LogP contribution in [0.1, 0.15) is 44.4 Å². The molecule has 0 saturated carbocycles. The molecule has 1 heterocycles. The van der Waals surface area contributed by atoms with Crippen LogP contribution < -0.4 is 10.6 Å². The van der Waals surface area contributed by atoms with Gasteiger partial charge in [0.15, 0.2) is 0 Å². The number of hydrogen-bond donors (Lipinski definition) is 3. The van der Waals surface area contributed by atoms with Gasteiger partial charge in [0.2, 0.25) is 5.91 Å². The van der Waals surface area contributed by atoms with Crippen LogP contribution in [0.15, 0.2) is 24.3 Å². The summed E-state index contributed by atoms with van der Waals surface area (Å²) in [5.41, 5.74) is 1.86. The molecular formula is C17H24F2N2O2. The molecule has 2 rings (SSSR count). The molecule has 0 radical (unpaired) electrons. The average Bonchev–Trinajstić information content (AvgIpc) is 2.84. The van der Waals surface area contributed by atoms with Gasteiger partial charge in [0.1, 0.15) is 0 Å². The maximum absolute atomic E-state index is 13.1. The van der Waals surface area contributed by atoms with Crippen molar-refractivity contribution < 1.29 is 18.7 Å². The van der Waals surface area contributed by atoms with Crippen molar-refractivity contribution in [2.24, 2.45) is 0 Å². The number of alkyl halides is 2. The van der Waals surface area contributed by atoms with Crippen LogP contribution in [0.25, 0.3) is 0 Å². The summed E-state index contributed by atoms with van der Waals surface area (Å²) in [7, 11) is 0. The van der Waals surface area contributed by atoms with E-state index in [4.69, 9.17) is 0 Å². The van der Waals surface area contributed by atoms with Gasteiger partial charge in [-0.1, -0.05) is 45.0 Å². The van der Waals surface area contributed by atoms with E-state index in [2.05, 4.69) is 31.4 Å². The van der Waals surface area contributed by atoms with Gasteiger partial charge in [-0.15, -0.1) is 0 Å². The van der Waals surface area contributed by atoms with E-state index >= 15 is 0 Å². The Labute approximate surface area is 135 Å². The van der Waals surface area contributed by atoms with Crippen molar-refractivity contribution in [3.8, 4) is 0 Å². The number of carbonyl (C=O) groups is 1. The minimum atomic E-state index is -2.84. The lowest BCUT2D eigenvalue weighted by Gasteiger charge is -2.20. The molecule has 1 aliphatic heterocycles. The van der Waals surface area contributed by atoms with Crippen molar-refractivity contribution in [2.75, 3.05) is 13.1 Å². The molecule has 1 fully saturated rings. The van der Waals surface area contributed by atoms with E-state index < -0.39 is 36.9 Å². The van der Waals surface area contributed by atoms with Crippen LogP contribution in [-0.2, 0) is 10.2 Å². The summed E-state index contributed by atoms with van der Waals surface area (Å²) in [6.07, 6.45) is -1.37. The number of hydrogen-bond acceptors (Lipinski definition) is 3. The summed E-state index contributed by atoms with van der Waals surface area (Å²) in [5.74, 6) is -3.35. The Kier molecular flexibility index (Phi) is 5.06. The summed E-state index contributed by atoms with van der Waals surface area (Å²) in [5, 5.41) is 15.1. The van der Waals surface area contributed by atoms with Crippen molar-refractivity contribution in [1.29, 1.82) is 0 Å². The smallest absolute Gasteiger partial charge is 0.262 e. The van der Waals surface area contributed by atoms with Gasteiger partial charge in [0, 0.05) is 13.0 Å². The largest absolute Gasteiger partial charge is 0.387 e. The first-order valence-electron chi connectivity index (χ1n) is 7.76. The number of aliphatic hydroxyl groups is 1. The summed E-state index contributed by atoms with van der Waals surface area (Å²) in [6.45, 7) is 5.81. The Morgan fingerprint density at radius 3 is 2.48 bits per heavy atom. The van der Waals surface area contributed by atoms with Crippen LogP contribution in [0.2, 0.25) is 0 Å². The molecule has 4 nitrogen and oxygen atoms in total. The Hall–Kier alpha value is -1.53. The fourth-order valence-corrected chi connectivity index (χ4v) is 2.54. The second-order valence-electron chi connectivity index (χ2n) is 7.13. The number of nitrogens with one attached hydrogen (secondary N) is 2. The van der Waals surface area contributed by atoms with Gasteiger partial charge in [-0.25, -0.2) is 8.78 Å². The molecule has 0 bridgehead atoms. The molecule has 0 spiro atoms. The molecule has 1 amide bonds. The lowest BCUT2D eigenvalue weighted by Crippen LogP contribution is -2.41. The molecule has 1 aromatic carbocycles. The van der Waals surface area contributed by atoms with Crippen molar-refractivity contribution in [1.82, 2.24) is 10.6 Å². The zero-order valence-electron chi connectivity index (χ0n) is 13.7. The van der Waals surface area contributed by atoms with Crippen LogP contribution in [0.4, 0.5) is 8.78 Å². The lowest BCUT2D eigenvalue weighted by atomic mass is 9.86. The monoisotopic (exact) mass is 326 g/mol. The first-order valence-corrected chi connectivity index (χ1v) is 7.76. The number of halogens is 2. The third-order valence-electron chi connectivity index (χ3n) is 4.06. The molecule has 23 heavy (non-hydrogen) atoms. The van der Waals surface area contributed by atoms with Crippen molar-refractivity contribution in [2.45, 2.75) is 50.7 Å². The predicted octanol–water partition coefficient (Wildman–Crippen LogP) is 2.13. The normalized spacial score (nSPS) is 21.9. The van der Waals surface area contributed by atoms with E-state index in [-0.39, 0.29) is 12.0 Å². The van der Waals surface area contributed by atoms with Gasteiger partial charge in [-0.2, -0.15) is 0 Å². The molecule has 128 valence electrons. The SMILES string of the molecule is CC(C)(C)c1ccc(C(O)CNC(=O)C2CC(F)(F)CN2)cc1. The van der Waals surface area contributed by atoms with Gasteiger partial charge < -0.3 is 10.4 Å². The molecule has 0 aromatic heterocycles. The predicted molar refractivity (Wildman–Crippen MR) is 84.5 cm³/mol. The Morgan fingerprint density at radius 2 is 2.00 bits per heavy atom. The van der Waals surface area contributed by atoms with Gasteiger partial charge in [-0.3, -0.25) is 10.1 Å². The Balaban J connectivity index is 1.87. The minimum Gasteiger partial charge on any atom is -0.387 e. The average molecular weight is 326 g/mol. The highest BCUT2D eigenvalue weighted by molar-refractivity contribution is 5.82. The number of aliphatic hydroxyl groups excluding tert-OH is 1. The van der Waals surface area contributed by atoms with Crippen LogP contribution in [0, 0.1) is 0 Å². The van der Waals surface area contributed by atoms with Crippen LogP contribution in [0.3, 0.4) is 0 Å². The molecule has 2 unspecified atom stereocenters. The van der Waals surface area contributed by atoms with Crippen molar-refractivity contribution >= 4 is 5.91 Å². The molecule has 1 aliphatic rings. The molecule has 3 N–H and O–H groups in total. The van der Waals surface area contributed by atoms with Gasteiger partial charge in [-0.05, 0) is 16.5 Å². The van der Waals surface area contributed by atoms with Gasteiger partial charge in [0.05, 0.1) is 18.7 Å². The summed E-state index contributed by atoms with van der Waals surface area (Å²) < 4.78 is 26.1. The third-order valence-corrected chi connectivity index (χ3v) is 4.06. The topological polar surface area (TPSA) is 61.4 Å². The minimum absolute atomic E-state index is 0.00253. The van der Waals surface area contributed by atoms with E-state index in [9.17, 15) is 18.7 Å². The highest BCUT2D eigenvalue weighted by Gasteiger charge is 2.42. The van der Waals surface area contributed by atoms with Crippen molar-refractivity contribution in [3.63, 3.8) is 0 Å². The van der Waals surface area contributed by atoms with Crippen LogP contribution in [0.5, 0.6) is 0 Å². The first kappa shape index (κ1) is 17.8. The van der Waals surface area contributed by atoms with E-state index in [0.717, 1.165) is 5.56 Å². The first-order chi connectivity index (χ1) is 10.6. The Morgan fingerprint density at radius 1 is 1.39 bits per heavy atom. The van der Waals surface area contributed by atoms with E-state index in [1.165, 1.54) is 0 Å². The highest BCUT2D eigenvalue weighted by Crippen LogP contribution is 2.26. The molecule has 0 aliphatic carbocycles. The van der Waals surface area contributed by atoms with E-state index in [0.29, 0.717) is 5.56 Å². The molecule has 1 saturated heterocycles. The quantitative estimate of drug-likeness (QED) is 0.794. The lowest BCUT2D eigenvalue weighted by molar-refractivity contribution is -0.123. The van der Waals surface area contributed by atoms with Gasteiger partial charge in [0.25, 0.3) is 5.92 Å². The van der Waals surface area contributed by atoms with E-state index in [1.54, 1.807) is 0 Å². The molecule has 2 atom stereocenters. The number of carbonyl (C=O) groups excluding carboxylic acids is 1. The maximum atomic E-state index is 13.1. The molecule has 6 heteroatoms.